The van der Waals surface area contributed by atoms with Crippen LogP contribution in [-0.2, 0) is 6.42 Å². The molecule has 0 amide bonds. The van der Waals surface area contributed by atoms with Crippen molar-refractivity contribution in [3.8, 4) is 0 Å². The normalized spacial score (nSPS) is 19.1. The van der Waals surface area contributed by atoms with Crippen molar-refractivity contribution >= 4 is 11.3 Å². The monoisotopic (exact) mass is 286 g/mol. The minimum absolute atomic E-state index is 0.373. The van der Waals surface area contributed by atoms with Crippen molar-refractivity contribution in [1.29, 1.82) is 0 Å². The largest absolute Gasteiger partial charge is 0.302 e. The van der Waals surface area contributed by atoms with Crippen molar-refractivity contribution in [2.24, 2.45) is 0 Å². The minimum Gasteiger partial charge on any atom is -0.302 e. The highest BCUT2D eigenvalue weighted by Crippen LogP contribution is 2.35. The van der Waals surface area contributed by atoms with Gasteiger partial charge in [0.1, 0.15) is 0 Å². The van der Waals surface area contributed by atoms with Gasteiger partial charge in [0.2, 0.25) is 0 Å². The van der Waals surface area contributed by atoms with Crippen LogP contribution in [0.4, 0.5) is 0 Å². The fraction of sp³-hybridized carbons (Fsp3) is 0.471. The molecule has 1 N–H and O–H groups in total. The molecular weight excluding hydrogens is 264 g/mol. The Bertz CT molecular complexity index is 630. The van der Waals surface area contributed by atoms with Crippen molar-refractivity contribution in [2.45, 2.75) is 52.6 Å². The molecule has 3 heteroatoms. The standard InChI is InChI=1S/C17H22N2S/c1-10-5-6-14-7-8-16(15(14)9-10)19-12(3)17-11(2)18-13(4)20-17/h5-6,9,12,16,19H,7-8H2,1-4H3. The highest BCUT2D eigenvalue weighted by molar-refractivity contribution is 7.11. The molecule has 1 aromatic heterocycles. The number of thiazole rings is 1. The maximum absolute atomic E-state index is 4.54. The smallest absolute Gasteiger partial charge is 0.0900 e. The van der Waals surface area contributed by atoms with Crippen LogP contribution in [0.1, 0.15) is 57.7 Å². The summed E-state index contributed by atoms with van der Waals surface area (Å²) in [5.41, 5.74) is 5.54. The number of hydrogen-bond acceptors (Lipinski definition) is 3. The van der Waals surface area contributed by atoms with E-state index in [2.05, 4.69) is 56.2 Å². The molecule has 3 rings (SSSR count). The number of aromatic nitrogens is 1. The van der Waals surface area contributed by atoms with Crippen molar-refractivity contribution in [2.75, 3.05) is 0 Å². The third-order valence-corrected chi connectivity index (χ3v) is 5.42. The van der Waals surface area contributed by atoms with Crippen LogP contribution >= 0.6 is 11.3 Å². The molecule has 2 atom stereocenters. The summed E-state index contributed by atoms with van der Waals surface area (Å²) in [6.07, 6.45) is 2.40. The molecule has 0 radical (unpaired) electrons. The second-order valence-electron chi connectivity index (χ2n) is 5.86. The highest BCUT2D eigenvalue weighted by Gasteiger charge is 2.25. The van der Waals surface area contributed by atoms with Gasteiger partial charge in [-0.2, -0.15) is 0 Å². The van der Waals surface area contributed by atoms with E-state index in [4.69, 9.17) is 0 Å². The Morgan fingerprint density at radius 1 is 1.30 bits per heavy atom. The molecule has 1 aromatic carbocycles. The van der Waals surface area contributed by atoms with Crippen LogP contribution in [0.3, 0.4) is 0 Å². The third-order valence-electron chi connectivity index (χ3n) is 4.16. The first-order valence-corrected chi connectivity index (χ1v) is 8.15. The van der Waals surface area contributed by atoms with Crippen molar-refractivity contribution in [3.63, 3.8) is 0 Å². The van der Waals surface area contributed by atoms with E-state index in [1.807, 2.05) is 11.3 Å². The number of fused-ring (bicyclic) bond motifs is 1. The molecule has 0 saturated carbocycles. The summed E-state index contributed by atoms with van der Waals surface area (Å²) in [4.78, 5) is 5.92. The summed E-state index contributed by atoms with van der Waals surface area (Å²) in [6.45, 7) is 8.63. The van der Waals surface area contributed by atoms with E-state index >= 15 is 0 Å². The third kappa shape index (κ3) is 2.52. The summed E-state index contributed by atoms with van der Waals surface area (Å²) in [6, 6.07) is 7.72. The molecule has 2 nitrogen and oxygen atoms in total. The molecule has 106 valence electrons. The Kier molecular flexibility index (Phi) is 3.65. The molecule has 2 unspecified atom stereocenters. The van der Waals surface area contributed by atoms with Gasteiger partial charge in [-0.3, -0.25) is 0 Å². The molecule has 0 bridgehead atoms. The van der Waals surface area contributed by atoms with Gasteiger partial charge in [-0.1, -0.05) is 23.8 Å². The van der Waals surface area contributed by atoms with Gasteiger partial charge in [-0.15, -0.1) is 11.3 Å². The van der Waals surface area contributed by atoms with Crippen LogP contribution in [0.15, 0.2) is 18.2 Å². The Labute approximate surface area is 125 Å². The summed E-state index contributed by atoms with van der Waals surface area (Å²) in [5.74, 6) is 0. The van der Waals surface area contributed by atoms with Gasteiger partial charge in [0, 0.05) is 17.0 Å². The molecule has 0 aliphatic heterocycles. The average Bonchev–Trinajstić information content (AvgIpc) is 2.93. The van der Waals surface area contributed by atoms with Crippen molar-refractivity contribution < 1.29 is 0 Å². The second kappa shape index (κ2) is 5.30. The second-order valence-corrected chi connectivity index (χ2v) is 7.10. The molecule has 1 aliphatic rings. The molecule has 0 spiro atoms. The lowest BCUT2D eigenvalue weighted by Crippen LogP contribution is -2.23. The van der Waals surface area contributed by atoms with Gasteiger partial charge >= 0.3 is 0 Å². The van der Waals surface area contributed by atoms with E-state index in [1.165, 1.54) is 40.1 Å². The molecule has 20 heavy (non-hydrogen) atoms. The van der Waals surface area contributed by atoms with Gasteiger partial charge in [0.15, 0.2) is 0 Å². The molecule has 1 heterocycles. The Morgan fingerprint density at radius 3 is 2.80 bits per heavy atom. The van der Waals surface area contributed by atoms with E-state index in [0.717, 1.165) is 5.01 Å². The Balaban J connectivity index is 1.80. The van der Waals surface area contributed by atoms with Gasteiger partial charge in [0.05, 0.1) is 10.7 Å². The first kappa shape index (κ1) is 13.8. The topological polar surface area (TPSA) is 24.9 Å². The van der Waals surface area contributed by atoms with E-state index in [1.54, 1.807) is 0 Å². The van der Waals surface area contributed by atoms with E-state index < -0.39 is 0 Å². The molecule has 0 fully saturated rings. The lowest BCUT2D eigenvalue weighted by Gasteiger charge is -2.20. The number of benzene rings is 1. The number of hydrogen-bond donors (Lipinski definition) is 1. The molecule has 1 aliphatic carbocycles. The van der Waals surface area contributed by atoms with Crippen molar-refractivity contribution in [3.05, 3.63) is 50.5 Å². The van der Waals surface area contributed by atoms with Crippen LogP contribution in [-0.4, -0.2) is 4.98 Å². The average molecular weight is 286 g/mol. The Hall–Kier alpha value is -1.19. The van der Waals surface area contributed by atoms with Gasteiger partial charge in [-0.05, 0) is 51.7 Å². The summed E-state index contributed by atoms with van der Waals surface area (Å²) >= 11 is 1.82. The summed E-state index contributed by atoms with van der Waals surface area (Å²) in [5, 5.41) is 4.96. The maximum atomic E-state index is 4.54. The predicted octanol–water partition coefficient (Wildman–Crippen LogP) is 4.41. The zero-order valence-corrected chi connectivity index (χ0v) is 13.5. The van der Waals surface area contributed by atoms with Crippen LogP contribution in [0, 0.1) is 20.8 Å². The zero-order valence-electron chi connectivity index (χ0n) is 12.7. The lowest BCUT2D eigenvalue weighted by atomic mass is 10.0. The van der Waals surface area contributed by atoms with E-state index in [0.29, 0.717) is 12.1 Å². The Morgan fingerprint density at radius 2 is 2.10 bits per heavy atom. The number of nitrogens with one attached hydrogen (secondary N) is 1. The van der Waals surface area contributed by atoms with Crippen LogP contribution in [0.5, 0.6) is 0 Å². The fourth-order valence-electron chi connectivity index (χ4n) is 3.22. The van der Waals surface area contributed by atoms with Crippen LogP contribution < -0.4 is 5.32 Å². The van der Waals surface area contributed by atoms with Crippen LogP contribution in [0.25, 0.3) is 0 Å². The van der Waals surface area contributed by atoms with Gasteiger partial charge in [0.25, 0.3) is 0 Å². The molecule has 0 saturated heterocycles. The summed E-state index contributed by atoms with van der Waals surface area (Å²) < 4.78 is 0. The summed E-state index contributed by atoms with van der Waals surface area (Å²) in [7, 11) is 0. The quantitative estimate of drug-likeness (QED) is 0.904. The number of nitrogens with zero attached hydrogens (tertiary/aromatic N) is 1. The predicted molar refractivity (Wildman–Crippen MR) is 85.4 cm³/mol. The fourth-order valence-corrected chi connectivity index (χ4v) is 4.16. The van der Waals surface area contributed by atoms with E-state index in [9.17, 15) is 0 Å². The minimum atomic E-state index is 0.373. The highest BCUT2D eigenvalue weighted by atomic mass is 32.1. The molecule has 2 aromatic rings. The lowest BCUT2D eigenvalue weighted by molar-refractivity contribution is 0.467. The first-order valence-electron chi connectivity index (χ1n) is 7.34. The number of aryl methyl sites for hydroxylation is 4. The van der Waals surface area contributed by atoms with Gasteiger partial charge in [-0.25, -0.2) is 4.98 Å². The SMILES string of the molecule is Cc1ccc2c(c1)C(NC(C)c1sc(C)nc1C)CC2. The first-order chi connectivity index (χ1) is 9.54. The van der Waals surface area contributed by atoms with E-state index in [-0.39, 0.29) is 0 Å². The van der Waals surface area contributed by atoms with Gasteiger partial charge < -0.3 is 5.32 Å². The van der Waals surface area contributed by atoms with Crippen LogP contribution in [0.2, 0.25) is 0 Å². The molecular formula is C17H22N2S. The maximum Gasteiger partial charge on any atom is 0.0900 e. The zero-order chi connectivity index (χ0) is 14.3. The van der Waals surface area contributed by atoms with Crippen molar-refractivity contribution in [1.82, 2.24) is 10.3 Å². The number of rotatable bonds is 3.